The summed E-state index contributed by atoms with van der Waals surface area (Å²) in [5.74, 6) is 0. The Balaban J connectivity index is 1.78. The first-order valence-corrected chi connectivity index (χ1v) is 5.89. The molecule has 2 saturated heterocycles. The van der Waals surface area contributed by atoms with Gasteiger partial charge in [-0.2, -0.15) is 0 Å². The average Bonchev–Trinajstić information content (AvgIpc) is 2.88. The molecule has 2 aliphatic heterocycles. The fourth-order valence-electron chi connectivity index (χ4n) is 2.32. The molecule has 0 aromatic carbocycles. The summed E-state index contributed by atoms with van der Waals surface area (Å²) in [5.41, 5.74) is 0. The van der Waals surface area contributed by atoms with Crippen molar-refractivity contribution in [3.63, 3.8) is 0 Å². The number of likely N-dealkylation sites (tertiary alicyclic amines) is 1. The minimum atomic E-state index is 0.169. The molecule has 0 aliphatic carbocycles. The molecular weight excluding hydrogens is 192 g/mol. The number of hydrogen-bond donors (Lipinski definition) is 0. The van der Waals surface area contributed by atoms with Crippen LogP contribution < -0.4 is 0 Å². The Morgan fingerprint density at radius 1 is 1.40 bits per heavy atom. The second kappa shape index (κ2) is 4.84. The zero-order valence-corrected chi connectivity index (χ0v) is 9.45. The molecule has 4 nitrogen and oxygen atoms in total. The summed E-state index contributed by atoms with van der Waals surface area (Å²) in [5, 5.41) is 0. The Bertz CT molecular complexity index is 221. The third kappa shape index (κ3) is 2.62. The highest BCUT2D eigenvalue weighted by molar-refractivity contribution is 5.74. The molecular formula is C11H20N2O2. The molecule has 1 atom stereocenters. The number of carbonyl (C=O) groups excluding carboxylic acids is 1. The zero-order valence-electron chi connectivity index (χ0n) is 9.45. The number of ether oxygens (including phenoxy) is 1. The second-order valence-electron chi connectivity index (χ2n) is 4.49. The molecule has 15 heavy (non-hydrogen) atoms. The molecule has 0 saturated carbocycles. The van der Waals surface area contributed by atoms with Gasteiger partial charge in [-0.05, 0) is 25.7 Å². The molecule has 0 radical (unpaired) electrons. The van der Waals surface area contributed by atoms with Crippen molar-refractivity contribution in [3.8, 4) is 0 Å². The van der Waals surface area contributed by atoms with Gasteiger partial charge in [-0.15, -0.1) is 0 Å². The highest BCUT2D eigenvalue weighted by atomic mass is 16.5. The van der Waals surface area contributed by atoms with Gasteiger partial charge in [-0.1, -0.05) is 0 Å². The van der Waals surface area contributed by atoms with Crippen LogP contribution in [0.5, 0.6) is 0 Å². The molecule has 0 bridgehead atoms. The van der Waals surface area contributed by atoms with Crippen LogP contribution in [0.3, 0.4) is 0 Å². The number of amides is 2. The van der Waals surface area contributed by atoms with E-state index in [-0.39, 0.29) is 12.1 Å². The SMILES string of the molecule is CN(CC1CCCO1)C(=O)N1CCCC1. The van der Waals surface area contributed by atoms with E-state index in [0.29, 0.717) is 0 Å². The van der Waals surface area contributed by atoms with Crippen molar-refractivity contribution < 1.29 is 9.53 Å². The standard InChI is InChI=1S/C11H20N2O2/c1-12(9-10-5-4-8-15-10)11(14)13-6-2-3-7-13/h10H,2-9H2,1H3. The number of nitrogens with zero attached hydrogens (tertiary/aromatic N) is 2. The first kappa shape index (κ1) is 10.7. The first-order valence-electron chi connectivity index (χ1n) is 5.89. The van der Waals surface area contributed by atoms with Gasteiger partial charge in [0.2, 0.25) is 0 Å². The van der Waals surface area contributed by atoms with E-state index in [1.807, 2.05) is 11.9 Å². The van der Waals surface area contributed by atoms with E-state index in [0.717, 1.165) is 51.9 Å². The summed E-state index contributed by atoms with van der Waals surface area (Å²) >= 11 is 0. The minimum Gasteiger partial charge on any atom is -0.376 e. The number of likely N-dealkylation sites (N-methyl/N-ethyl adjacent to an activating group) is 1. The molecule has 2 aliphatic rings. The number of urea groups is 1. The average molecular weight is 212 g/mol. The molecule has 0 aromatic rings. The summed E-state index contributed by atoms with van der Waals surface area (Å²) in [6.45, 7) is 3.45. The van der Waals surface area contributed by atoms with Gasteiger partial charge >= 0.3 is 6.03 Å². The Morgan fingerprint density at radius 2 is 2.13 bits per heavy atom. The topological polar surface area (TPSA) is 32.8 Å². The lowest BCUT2D eigenvalue weighted by Crippen LogP contribution is -2.42. The van der Waals surface area contributed by atoms with Gasteiger partial charge in [0, 0.05) is 33.3 Å². The van der Waals surface area contributed by atoms with Crippen molar-refractivity contribution in [2.24, 2.45) is 0 Å². The Labute approximate surface area is 91.2 Å². The highest BCUT2D eigenvalue weighted by Crippen LogP contribution is 2.15. The maximum absolute atomic E-state index is 11.9. The predicted molar refractivity (Wildman–Crippen MR) is 57.8 cm³/mol. The summed E-state index contributed by atoms with van der Waals surface area (Å²) in [6, 6.07) is 0.169. The van der Waals surface area contributed by atoms with E-state index in [1.54, 1.807) is 4.90 Å². The smallest absolute Gasteiger partial charge is 0.319 e. The van der Waals surface area contributed by atoms with Crippen molar-refractivity contribution >= 4 is 6.03 Å². The van der Waals surface area contributed by atoms with Crippen molar-refractivity contribution in [2.75, 3.05) is 33.3 Å². The van der Waals surface area contributed by atoms with E-state index in [4.69, 9.17) is 4.74 Å². The normalized spacial score (nSPS) is 25.9. The van der Waals surface area contributed by atoms with Crippen LogP contribution in [0, 0.1) is 0 Å². The number of rotatable bonds is 2. The Morgan fingerprint density at radius 3 is 2.73 bits per heavy atom. The second-order valence-corrected chi connectivity index (χ2v) is 4.49. The fourth-order valence-corrected chi connectivity index (χ4v) is 2.32. The zero-order chi connectivity index (χ0) is 10.7. The predicted octanol–water partition coefficient (Wildman–Crippen LogP) is 1.31. The molecule has 1 unspecified atom stereocenters. The van der Waals surface area contributed by atoms with E-state index < -0.39 is 0 Å². The molecule has 2 amide bonds. The van der Waals surface area contributed by atoms with Crippen LogP contribution in [0.1, 0.15) is 25.7 Å². The lowest BCUT2D eigenvalue weighted by molar-refractivity contribution is 0.0817. The van der Waals surface area contributed by atoms with Gasteiger partial charge in [0.25, 0.3) is 0 Å². The van der Waals surface area contributed by atoms with Crippen LogP contribution >= 0.6 is 0 Å². The largest absolute Gasteiger partial charge is 0.376 e. The first-order chi connectivity index (χ1) is 7.27. The van der Waals surface area contributed by atoms with Gasteiger partial charge in [0.05, 0.1) is 6.10 Å². The maximum atomic E-state index is 11.9. The van der Waals surface area contributed by atoms with Gasteiger partial charge in [-0.25, -0.2) is 4.79 Å². The lowest BCUT2D eigenvalue weighted by atomic mass is 10.2. The van der Waals surface area contributed by atoms with E-state index in [2.05, 4.69) is 0 Å². The van der Waals surface area contributed by atoms with Crippen molar-refractivity contribution in [1.29, 1.82) is 0 Å². The van der Waals surface area contributed by atoms with Crippen molar-refractivity contribution in [3.05, 3.63) is 0 Å². The van der Waals surface area contributed by atoms with Crippen LogP contribution in [-0.4, -0.2) is 55.2 Å². The molecule has 2 rings (SSSR count). The van der Waals surface area contributed by atoms with Crippen molar-refractivity contribution in [2.45, 2.75) is 31.8 Å². The molecule has 2 heterocycles. The summed E-state index contributed by atoms with van der Waals surface area (Å²) in [6.07, 6.45) is 4.80. The number of hydrogen-bond acceptors (Lipinski definition) is 2. The number of carbonyl (C=O) groups is 1. The monoisotopic (exact) mass is 212 g/mol. The van der Waals surface area contributed by atoms with E-state index in [1.165, 1.54) is 0 Å². The van der Waals surface area contributed by atoms with Crippen LogP contribution in [-0.2, 0) is 4.74 Å². The molecule has 0 aromatic heterocycles. The molecule has 2 fully saturated rings. The summed E-state index contributed by atoms with van der Waals surface area (Å²) in [7, 11) is 1.88. The third-order valence-corrected chi connectivity index (χ3v) is 3.20. The Kier molecular flexibility index (Phi) is 3.46. The van der Waals surface area contributed by atoms with Gasteiger partial charge in [0.1, 0.15) is 0 Å². The Hall–Kier alpha value is -0.770. The van der Waals surface area contributed by atoms with Crippen LogP contribution in [0.25, 0.3) is 0 Å². The third-order valence-electron chi connectivity index (χ3n) is 3.20. The van der Waals surface area contributed by atoms with E-state index >= 15 is 0 Å². The van der Waals surface area contributed by atoms with Crippen LogP contribution in [0.4, 0.5) is 4.79 Å². The molecule has 0 N–H and O–H groups in total. The van der Waals surface area contributed by atoms with E-state index in [9.17, 15) is 4.79 Å². The lowest BCUT2D eigenvalue weighted by Gasteiger charge is -2.26. The van der Waals surface area contributed by atoms with Gasteiger partial charge in [-0.3, -0.25) is 0 Å². The summed E-state index contributed by atoms with van der Waals surface area (Å²) in [4.78, 5) is 15.7. The maximum Gasteiger partial charge on any atom is 0.319 e. The quantitative estimate of drug-likeness (QED) is 0.691. The minimum absolute atomic E-state index is 0.169. The summed E-state index contributed by atoms with van der Waals surface area (Å²) < 4.78 is 5.52. The molecule has 4 heteroatoms. The highest BCUT2D eigenvalue weighted by Gasteiger charge is 2.24. The fraction of sp³-hybridized carbons (Fsp3) is 0.909. The van der Waals surface area contributed by atoms with Gasteiger partial charge in [0.15, 0.2) is 0 Å². The van der Waals surface area contributed by atoms with Crippen molar-refractivity contribution in [1.82, 2.24) is 9.80 Å². The van der Waals surface area contributed by atoms with Crippen LogP contribution in [0.2, 0.25) is 0 Å². The molecule has 86 valence electrons. The van der Waals surface area contributed by atoms with Crippen LogP contribution in [0.15, 0.2) is 0 Å². The van der Waals surface area contributed by atoms with Gasteiger partial charge < -0.3 is 14.5 Å². The molecule has 0 spiro atoms.